The van der Waals surface area contributed by atoms with E-state index >= 15 is 0 Å². The number of anilines is 2. The molecule has 2 aromatic rings. The van der Waals surface area contributed by atoms with E-state index in [4.69, 9.17) is 20.9 Å². The van der Waals surface area contributed by atoms with Crippen LogP contribution in [-0.2, 0) is 6.42 Å². The van der Waals surface area contributed by atoms with Gasteiger partial charge in [0, 0.05) is 23.7 Å². The van der Waals surface area contributed by atoms with Gasteiger partial charge in [-0.1, -0.05) is 6.08 Å². The van der Waals surface area contributed by atoms with Gasteiger partial charge in [0.2, 0.25) is 5.95 Å². The summed E-state index contributed by atoms with van der Waals surface area (Å²) in [6, 6.07) is 2.02. The molecule has 0 amide bonds. The second kappa shape index (κ2) is 6.79. The number of halogens is 1. The molecular weight excluding hydrogens is 396 g/mol. The van der Waals surface area contributed by atoms with Crippen LogP contribution in [0.4, 0.5) is 11.8 Å². The van der Waals surface area contributed by atoms with E-state index in [0.29, 0.717) is 24.8 Å². The van der Waals surface area contributed by atoms with Gasteiger partial charge in [-0.25, -0.2) is 4.98 Å². The molecule has 1 aromatic carbocycles. The van der Waals surface area contributed by atoms with Gasteiger partial charge in [-0.15, -0.1) is 0 Å². The highest BCUT2D eigenvalue weighted by Crippen LogP contribution is 2.46. The minimum Gasteiger partial charge on any atom is -0.493 e. The predicted molar refractivity (Wildman–Crippen MR) is 105 cm³/mol. The number of fused-ring (bicyclic) bond motifs is 1. The summed E-state index contributed by atoms with van der Waals surface area (Å²) in [4.78, 5) is 8.12. The number of rotatable bonds is 5. The molecule has 2 heterocycles. The molecule has 1 aromatic heterocycles. The fourth-order valence-corrected chi connectivity index (χ4v) is 3.74. The minimum atomic E-state index is 0.133. The Labute approximate surface area is 160 Å². The normalized spacial score (nSPS) is 18.3. The van der Waals surface area contributed by atoms with Crippen LogP contribution in [0, 0.1) is 5.92 Å². The number of ether oxygens (including phenoxy) is 2. The standard InChI is InChI=1S/C19H21BrN4O2/c1-2-25-15-8-11(7-12-9-23-19(22)24-18(12)21)13-5-6-14(10-3-4-10)26-17(13)16(15)20/h5-6,8-10,14H,2-4,7H2,1H3,(H4,21,22,23,24). The largest absolute Gasteiger partial charge is 0.493 e. The first kappa shape index (κ1) is 17.1. The molecule has 0 bridgehead atoms. The Morgan fingerprint density at radius 2 is 2.12 bits per heavy atom. The zero-order valence-electron chi connectivity index (χ0n) is 14.5. The fraction of sp³-hybridized carbons (Fsp3) is 0.368. The summed E-state index contributed by atoms with van der Waals surface area (Å²) >= 11 is 3.66. The van der Waals surface area contributed by atoms with Crippen LogP contribution in [0.1, 0.15) is 36.5 Å². The number of hydrogen-bond acceptors (Lipinski definition) is 6. The smallest absolute Gasteiger partial charge is 0.221 e. The van der Waals surface area contributed by atoms with E-state index in [2.05, 4.69) is 38.0 Å². The molecule has 1 aliphatic carbocycles. The molecule has 4 rings (SSSR count). The summed E-state index contributed by atoms with van der Waals surface area (Å²) < 4.78 is 13.0. The molecular formula is C19H21BrN4O2. The van der Waals surface area contributed by atoms with E-state index in [9.17, 15) is 0 Å². The van der Waals surface area contributed by atoms with Crippen LogP contribution >= 0.6 is 15.9 Å². The van der Waals surface area contributed by atoms with Crippen molar-refractivity contribution in [1.82, 2.24) is 9.97 Å². The quantitative estimate of drug-likeness (QED) is 0.772. The molecule has 26 heavy (non-hydrogen) atoms. The van der Waals surface area contributed by atoms with Gasteiger partial charge in [0.15, 0.2) is 0 Å². The molecule has 0 radical (unpaired) electrons. The Balaban J connectivity index is 1.76. The Hall–Kier alpha value is -2.28. The van der Waals surface area contributed by atoms with Crippen LogP contribution < -0.4 is 20.9 Å². The Bertz CT molecular complexity index is 880. The first-order valence-electron chi connectivity index (χ1n) is 8.76. The van der Waals surface area contributed by atoms with Gasteiger partial charge in [0.1, 0.15) is 27.9 Å². The second-order valence-corrected chi connectivity index (χ2v) is 7.41. The number of aromatic nitrogens is 2. The van der Waals surface area contributed by atoms with Crippen molar-refractivity contribution in [1.29, 1.82) is 0 Å². The highest BCUT2D eigenvalue weighted by molar-refractivity contribution is 9.10. The maximum atomic E-state index is 6.31. The molecule has 2 aliphatic rings. The van der Waals surface area contributed by atoms with E-state index in [1.807, 2.05) is 13.0 Å². The Morgan fingerprint density at radius 3 is 2.81 bits per heavy atom. The lowest BCUT2D eigenvalue weighted by Gasteiger charge is -2.26. The molecule has 1 aliphatic heterocycles. The van der Waals surface area contributed by atoms with Crippen molar-refractivity contribution >= 4 is 33.8 Å². The third-order valence-electron chi connectivity index (χ3n) is 4.70. The third kappa shape index (κ3) is 3.23. The van der Waals surface area contributed by atoms with Crippen LogP contribution in [0.5, 0.6) is 11.5 Å². The minimum absolute atomic E-state index is 0.133. The number of nitrogens with two attached hydrogens (primary N) is 2. The van der Waals surface area contributed by atoms with Gasteiger partial charge < -0.3 is 20.9 Å². The van der Waals surface area contributed by atoms with Crippen LogP contribution in [-0.4, -0.2) is 22.7 Å². The molecule has 0 spiro atoms. The first-order chi connectivity index (χ1) is 12.6. The summed E-state index contributed by atoms with van der Waals surface area (Å²) in [7, 11) is 0. The number of benzene rings is 1. The summed E-state index contributed by atoms with van der Waals surface area (Å²) in [6.07, 6.45) is 9.12. The summed E-state index contributed by atoms with van der Waals surface area (Å²) in [6.45, 7) is 2.54. The predicted octanol–water partition coefficient (Wildman–Crippen LogP) is 3.58. The number of hydrogen-bond donors (Lipinski definition) is 2. The van der Waals surface area contributed by atoms with Crippen LogP contribution in [0.3, 0.4) is 0 Å². The molecule has 6 nitrogen and oxygen atoms in total. The lowest BCUT2D eigenvalue weighted by molar-refractivity contribution is 0.219. The highest BCUT2D eigenvalue weighted by Gasteiger charge is 2.34. The van der Waals surface area contributed by atoms with Crippen molar-refractivity contribution in [3.8, 4) is 11.5 Å². The van der Waals surface area contributed by atoms with Crippen molar-refractivity contribution in [2.45, 2.75) is 32.3 Å². The first-order valence-corrected chi connectivity index (χ1v) is 9.56. The molecule has 136 valence electrons. The second-order valence-electron chi connectivity index (χ2n) is 6.62. The molecule has 4 N–H and O–H groups in total. The summed E-state index contributed by atoms with van der Waals surface area (Å²) in [5.74, 6) is 2.78. The van der Waals surface area contributed by atoms with Gasteiger partial charge in [-0.3, -0.25) is 0 Å². The van der Waals surface area contributed by atoms with Crippen molar-refractivity contribution in [2.24, 2.45) is 5.92 Å². The van der Waals surface area contributed by atoms with Crippen molar-refractivity contribution < 1.29 is 9.47 Å². The molecule has 1 unspecified atom stereocenters. The Morgan fingerprint density at radius 1 is 1.31 bits per heavy atom. The summed E-state index contributed by atoms with van der Waals surface area (Å²) in [5, 5.41) is 0. The fourth-order valence-electron chi connectivity index (χ4n) is 3.20. The average molecular weight is 417 g/mol. The van der Waals surface area contributed by atoms with Gasteiger partial charge >= 0.3 is 0 Å². The zero-order chi connectivity index (χ0) is 18.3. The van der Waals surface area contributed by atoms with Gasteiger partial charge in [0.25, 0.3) is 0 Å². The zero-order valence-corrected chi connectivity index (χ0v) is 16.1. The Kier molecular flexibility index (Phi) is 4.48. The van der Waals surface area contributed by atoms with Crippen LogP contribution in [0.15, 0.2) is 22.8 Å². The molecule has 1 saturated carbocycles. The van der Waals surface area contributed by atoms with E-state index < -0.39 is 0 Å². The average Bonchev–Trinajstić information content (AvgIpc) is 3.46. The van der Waals surface area contributed by atoms with Crippen molar-refractivity contribution in [2.75, 3.05) is 18.1 Å². The van der Waals surface area contributed by atoms with Gasteiger partial charge in [-0.2, -0.15) is 4.98 Å². The highest BCUT2D eigenvalue weighted by atomic mass is 79.9. The maximum absolute atomic E-state index is 6.31. The third-order valence-corrected chi connectivity index (χ3v) is 5.45. The number of nitrogens with zero attached hydrogens (tertiary/aromatic N) is 2. The molecule has 0 saturated heterocycles. The van der Waals surface area contributed by atoms with Gasteiger partial charge in [-0.05, 0) is 59.3 Å². The maximum Gasteiger partial charge on any atom is 0.221 e. The SMILES string of the molecule is CCOc1cc(Cc2cnc(N)nc2N)c2c(c1Br)OC(C1CC1)C=C2. The molecule has 7 heteroatoms. The lowest BCUT2D eigenvalue weighted by atomic mass is 9.96. The van der Waals surface area contributed by atoms with Crippen LogP contribution in [0.25, 0.3) is 6.08 Å². The molecule has 1 atom stereocenters. The van der Waals surface area contributed by atoms with Crippen LogP contribution in [0.2, 0.25) is 0 Å². The van der Waals surface area contributed by atoms with E-state index in [1.54, 1.807) is 6.20 Å². The summed E-state index contributed by atoms with van der Waals surface area (Å²) in [5.41, 5.74) is 14.5. The van der Waals surface area contributed by atoms with Gasteiger partial charge in [0.05, 0.1) is 6.61 Å². The number of nitrogen functional groups attached to an aromatic ring is 2. The van der Waals surface area contributed by atoms with Crippen molar-refractivity contribution in [3.63, 3.8) is 0 Å². The van der Waals surface area contributed by atoms with E-state index in [-0.39, 0.29) is 12.1 Å². The molecule has 1 fully saturated rings. The van der Waals surface area contributed by atoms with Crippen molar-refractivity contribution in [3.05, 3.63) is 39.5 Å². The monoisotopic (exact) mass is 416 g/mol. The van der Waals surface area contributed by atoms with E-state index in [1.165, 1.54) is 12.8 Å². The lowest BCUT2D eigenvalue weighted by Crippen LogP contribution is -2.20. The topological polar surface area (TPSA) is 96.3 Å². The van der Waals surface area contributed by atoms with E-state index in [0.717, 1.165) is 32.7 Å².